The number of ether oxygens (including phenoxy) is 1. The SMILES string of the molecule is CCCC(CCC)Oc1cc2c(cc1-c1nccs1)-c1cc(=O)c(C(=O)O)cn1C(C(C)C)C2. The van der Waals surface area contributed by atoms with Crippen molar-refractivity contribution in [2.45, 2.75) is 71.9 Å². The standard InChI is InChI=1S/C27H32N2O4S/c1-5-7-18(8-6-2)33-25-12-17-11-22(16(3)4)29-15-21(27(31)32)24(30)14-23(29)19(17)13-20(25)26-28-9-10-34-26/h9-10,12-16,18,22H,5-8,11H2,1-4H3,(H,31,32). The molecule has 0 saturated heterocycles. The van der Waals surface area contributed by atoms with E-state index in [1.165, 1.54) is 12.3 Å². The van der Waals surface area contributed by atoms with Gasteiger partial charge in [0.2, 0.25) is 0 Å². The Morgan fingerprint density at radius 3 is 2.53 bits per heavy atom. The van der Waals surface area contributed by atoms with Crippen LogP contribution in [0.1, 0.15) is 75.3 Å². The molecule has 1 atom stereocenters. The topological polar surface area (TPSA) is 81.4 Å². The van der Waals surface area contributed by atoms with Crippen LogP contribution in [-0.2, 0) is 6.42 Å². The molecule has 1 aliphatic heterocycles. The van der Waals surface area contributed by atoms with Crippen molar-refractivity contribution in [2.24, 2.45) is 5.92 Å². The smallest absolute Gasteiger partial charge is 0.341 e. The fraction of sp³-hybridized carbons (Fsp3) is 0.444. The Morgan fingerprint density at radius 2 is 1.94 bits per heavy atom. The number of benzene rings is 1. The number of nitrogens with zero attached hydrogens (tertiary/aromatic N) is 2. The van der Waals surface area contributed by atoms with Crippen molar-refractivity contribution in [2.75, 3.05) is 0 Å². The van der Waals surface area contributed by atoms with Crippen LogP contribution in [0, 0.1) is 5.92 Å². The summed E-state index contributed by atoms with van der Waals surface area (Å²) in [7, 11) is 0. The van der Waals surface area contributed by atoms with Gasteiger partial charge in [-0.25, -0.2) is 9.78 Å². The highest BCUT2D eigenvalue weighted by molar-refractivity contribution is 7.13. The van der Waals surface area contributed by atoms with Gasteiger partial charge in [-0.15, -0.1) is 11.3 Å². The van der Waals surface area contributed by atoms with Crippen LogP contribution in [-0.4, -0.2) is 26.7 Å². The predicted molar refractivity (Wildman–Crippen MR) is 136 cm³/mol. The molecule has 7 heteroatoms. The summed E-state index contributed by atoms with van der Waals surface area (Å²) in [4.78, 5) is 28.9. The van der Waals surface area contributed by atoms with E-state index >= 15 is 0 Å². The maximum Gasteiger partial charge on any atom is 0.341 e. The number of fused-ring (bicyclic) bond motifs is 3. The molecule has 4 rings (SSSR count). The van der Waals surface area contributed by atoms with E-state index in [0.717, 1.165) is 65.2 Å². The third kappa shape index (κ3) is 4.67. The quantitative estimate of drug-likeness (QED) is 0.381. The van der Waals surface area contributed by atoms with Gasteiger partial charge in [0.1, 0.15) is 16.3 Å². The Labute approximate surface area is 204 Å². The summed E-state index contributed by atoms with van der Waals surface area (Å²) in [6, 6.07) is 5.71. The Kier molecular flexibility index (Phi) is 7.22. The van der Waals surface area contributed by atoms with Crippen molar-refractivity contribution >= 4 is 17.3 Å². The van der Waals surface area contributed by atoms with Gasteiger partial charge < -0.3 is 14.4 Å². The van der Waals surface area contributed by atoms with Gasteiger partial charge in [-0.05, 0) is 42.9 Å². The molecular formula is C27H32N2O4S. The van der Waals surface area contributed by atoms with Crippen molar-refractivity contribution < 1.29 is 14.6 Å². The number of hydrogen-bond donors (Lipinski definition) is 1. The third-order valence-electron chi connectivity index (χ3n) is 6.52. The molecule has 6 nitrogen and oxygen atoms in total. The van der Waals surface area contributed by atoms with Gasteiger partial charge in [0.15, 0.2) is 5.43 Å². The zero-order chi connectivity index (χ0) is 24.4. The molecule has 2 aromatic heterocycles. The van der Waals surface area contributed by atoms with Gasteiger partial charge in [0.25, 0.3) is 0 Å². The van der Waals surface area contributed by atoms with Crippen LogP contribution in [0.2, 0.25) is 0 Å². The second-order valence-corrected chi connectivity index (χ2v) is 10.2. The molecule has 0 saturated carbocycles. The van der Waals surface area contributed by atoms with Crippen LogP contribution in [0.4, 0.5) is 0 Å². The first-order chi connectivity index (χ1) is 16.3. The first-order valence-corrected chi connectivity index (χ1v) is 12.9. The number of carbonyl (C=O) groups is 1. The molecule has 1 N–H and O–H groups in total. The zero-order valence-electron chi connectivity index (χ0n) is 20.2. The molecule has 0 fully saturated rings. The van der Waals surface area contributed by atoms with Gasteiger partial charge in [-0.1, -0.05) is 40.5 Å². The highest BCUT2D eigenvalue weighted by Gasteiger charge is 2.30. The predicted octanol–water partition coefficient (Wildman–Crippen LogP) is 6.44. The van der Waals surface area contributed by atoms with Gasteiger partial charge >= 0.3 is 5.97 Å². The lowest BCUT2D eigenvalue weighted by atomic mass is 9.86. The fourth-order valence-electron chi connectivity index (χ4n) is 4.82. The Bertz CT molecular complexity index is 1220. The van der Waals surface area contributed by atoms with Crippen LogP contribution in [0.15, 0.2) is 40.8 Å². The van der Waals surface area contributed by atoms with E-state index in [1.54, 1.807) is 17.5 Å². The number of aromatic carboxylic acids is 1. The summed E-state index contributed by atoms with van der Waals surface area (Å²) in [6.07, 6.45) is 8.27. The first kappa shape index (κ1) is 24.2. The minimum absolute atomic E-state index is 0.0434. The number of carboxylic acids is 1. The van der Waals surface area contributed by atoms with Crippen LogP contribution in [0.5, 0.6) is 5.75 Å². The van der Waals surface area contributed by atoms with Crippen molar-refractivity contribution in [3.05, 3.63) is 57.3 Å². The average Bonchev–Trinajstić information content (AvgIpc) is 3.32. The molecule has 0 amide bonds. The monoisotopic (exact) mass is 480 g/mol. The molecule has 1 aromatic carbocycles. The molecule has 0 aliphatic carbocycles. The Balaban J connectivity index is 1.91. The van der Waals surface area contributed by atoms with Crippen molar-refractivity contribution in [1.29, 1.82) is 0 Å². The first-order valence-electron chi connectivity index (χ1n) is 12.1. The lowest BCUT2D eigenvalue weighted by molar-refractivity contribution is 0.0694. The number of hydrogen-bond acceptors (Lipinski definition) is 5. The molecule has 0 spiro atoms. The molecule has 0 radical (unpaired) electrons. The van der Waals surface area contributed by atoms with E-state index < -0.39 is 11.4 Å². The third-order valence-corrected chi connectivity index (χ3v) is 7.33. The van der Waals surface area contributed by atoms with E-state index in [4.69, 9.17) is 4.74 Å². The lowest BCUT2D eigenvalue weighted by Gasteiger charge is -2.34. The molecule has 3 aromatic rings. The Hall–Kier alpha value is -2.93. The summed E-state index contributed by atoms with van der Waals surface area (Å²) in [6.45, 7) is 8.59. The maximum atomic E-state index is 12.7. The molecule has 0 bridgehead atoms. The molecule has 3 heterocycles. The average molecular weight is 481 g/mol. The van der Waals surface area contributed by atoms with Gasteiger partial charge in [0, 0.05) is 35.4 Å². The van der Waals surface area contributed by atoms with Crippen LogP contribution in [0.25, 0.3) is 21.8 Å². The van der Waals surface area contributed by atoms with E-state index in [-0.39, 0.29) is 23.6 Å². The highest BCUT2D eigenvalue weighted by Crippen LogP contribution is 2.44. The van der Waals surface area contributed by atoms with Gasteiger partial charge in [0.05, 0.1) is 17.4 Å². The maximum absolute atomic E-state index is 12.7. The van der Waals surface area contributed by atoms with Crippen LogP contribution < -0.4 is 10.2 Å². The fourth-order valence-corrected chi connectivity index (χ4v) is 5.48. The second kappa shape index (κ2) is 10.1. The largest absolute Gasteiger partial charge is 0.490 e. The molecule has 180 valence electrons. The molecule has 1 aliphatic rings. The highest BCUT2D eigenvalue weighted by atomic mass is 32.1. The second-order valence-electron chi connectivity index (χ2n) is 9.32. The number of aromatic nitrogens is 2. The zero-order valence-corrected chi connectivity index (χ0v) is 21.0. The van der Waals surface area contributed by atoms with Crippen LogP contribution in [0.3, 0.4) is 0 Å². The summed E-state index contributed by atoms with van der Waals surface area (Å²) >= 11 is 1.55. The minimum atomic E-state index is -1.20. The summed E-state index contributed by atoms with van der Waals surface area (Å²) in [5, 5.41) is 12.3. The Morgan fingerprint density at radius 1 is 1.21 bits per heavy atom. The normalized spacial score (nSPS) is 14.8. The summed E-state index contributed by atoms with van der Waals surface area (Å²) in [5.41, 5.74) is 3.04. The van der Waals surface area contributed by atoms with E-state index in [9.17, 15) is 14.7 Å². The molecule has 34 heavy (non-hydrogen) atoms. The van der Waals surface area contributed by atoms with Gasteiger partial charge in [-0.3, -0.25) is 4.79 Å². The number of pyridine rings is 1. The number of carboxylic acid groups (broad SMARTS) is 1. The van der Waals surface area contributed by atoms with Crippen molar-refractivity contribution in [1.82, 2.24) is 9.55 Å². The van der Waals surface area contributed by atoms with Crippen LogP contribution >= 0.6 is 11.3 Å². The number of rotatable bonds is 9. The van der Waals surface area contributed by atoms with Gasteiger partial charge in [-0.2, -0.15) is 0 Å². The van der Waals surface area contributed by atoms with Crippen molar-refractivity contribution in [3.63, 3.8) is 0 Å². The van der Waals surface area contributed by atoms with E-state index in [2.05, 4.69) is 44.8 Å². The summed E-state index contributed by atoms with van der Waals surface area (Å²) < 4.78 is 8.57. The van der Waals surface area contributed by atoms with E-state index in [1.807, 2.05) is 9.95 Å². The molecule has 1 unspecified atom stereocenters. The van der Waals surface area contributed by atoms with E-state index in [0.29, 0.717) is 0 Å². The lowest BCUT2D eigenvalue weighted by Crippen LogP contribution is -2.28. The van der Waals surface area contributed by atoms with Crippen molar-refractivity contribution in [3.8, 4) is 27.6 Å². The number of thiazole rings is 1. The minimum Gasteiger partial charge on any atom is -0.490 e. The molecular weight excluding hydrogens is 448 g/mol. The summed E-state index contributed by atoms with van der Waals surface area (Å²) in [5.74, 6) is -0.105.